The molecule has 34 heavy (non-hydrogen) atoms. The summed E-state index contributed by atoms with van der Waals surface area (Å²) in [5.74, 6) is 0.594. The van der Waals surface area contributed by atoms with Crippen LogP contribution in [0.1, 0.15) is 42.9 Å². The molecule has 7 nitrogen and oxygen atoms in total. The van der Waals surface area contributed by atoms with Crippen LogP contribution in [0.25, 0.3) is 28.7 Å². The molecule has 1 aliphatic rings. The lowest BCUT2D eigenvalue weighted by Gasteiger charge is -2.15. The van der Waals surface area contributed by atoms with Gasteiger partial charge in [0.05, 0.1) is 37.1 Å². The van der Waals surface area contributed by atoms with Crippen molar-refractivity contribution < 1.29 is 24.9 Å². The molecule has 1 saturated carbocycles. The van der Waals surface area contributed by atoms with E-state index in [-0.39, 0.29) is 6.42 Å². The number of carbonyl (C=O) groups is 1. The fraction of sp³-hybridized carbons (Fsp3) is 0.296. The summed E-state index contributed by atoms with van der Waals surface area (Å²) in [4.78, 5) is 20.6. The third-order valence-electron chi connectivity index (χ3n) is 5.74. The highest BCUT2D eigenvalue weighted by atomic mass is 16.5. The first-order valence-electron chi connectivity index (χ1n) is 11.3. The van der Waals surface area contributed by atoms with Gasteiger partial charge in [-0.15, -0.1) is 0 Å². The van der Waals surface area contributed by atoms with Crippen LogP contribution in [0.2, 0.25) is 0 Å². The number of hydrogen-bond donors (Lipinski definition) is 3. The third-order valence-corrected chi connectivity index (χ3v) is 5.74. The first-order chi connectivity index (χ1) is 16.4. The van der Waals surface area contributed by atoms with Gasteiger partial charge in [-0.3, -0.25) is 4.79 Å². The number of methoxy groups -OCH3 is 1. The van der Waals surface area contributed by atoms with E-state index in [0.29, 0.717) is 11.7 Å². The van der Waals surface area contributed by atoms with Crippen LogP contribution in [0.5, 0.6) is 5.75 Å². The van der Waals surface area contributed by atoms with E-state index in [2.05, 4.69) is 0 Å². The van der Waals surface area contributed by atoms with Crippen molar-refractivity contribution in [3.05, 3.63) is 71.9 Å². The van der Waals surface area contributed by atoms with Crippen molar-refractivity contribution in [2.75, 3.05) is 7.11 Å². The number of carboxylic acids is 1. The molecule has 0 bridgehead atoms. The number of rotatable bonds is 10. The zero-order valence-electron chi connectivity index (χ0n) is 19.0. The topological polar surface area (TPSA) is 113 Å². The molecule has 4 rings (SSSR count). The number of aliphatic carboxylic acids is 1. The van der Waals surface area contributed by atoms with Gasteiger partial charge in [-0.05, 0) is 37.1 Å². The lowest BCUT2D eigenvalue weighted by atomic mass is 9.99. The lowest BCUT2D eigenvalue weighted by Crippen LogP contribution is -2.19. The minimum absolute atomic E-state index is 0.0625. The Morgan fingerprint density at radius 3 is 2.38 bits per heavy atom. The average Bonchev–Trinajstić information content (AvgIpc) is 3.68. The minimum Gasteiger partial charge on any atom is -0.497 e. The maximum absolute atomic E-state index is 10.8. The Balaban J connectivity index is 1.74. The molecule has 0 radical (unpaired) electrons. The first kappa shape index (κ1) is 23.6. The van der Waals surface area contributed by atoms with Gasteiger partial charge < -0.3 is 20.1 Å². The van der Waals surface area contributed by atoms with E-state index in [1.165, 1.54) is 0 Å². The number of nitrogens with zero attached hydrogens (tertiary/aromatic N) is 2. The molecule has 1 aromatic heterocycles. The van der Waals surface area contributed by atoms with E-state index in [1.807, 2.05) is 54.6 Å². The summed E-state index contributed by atoms with van der Waals surface area (Å²) >= 11 is 0. The predicted octanol–water partition coefficient (Wildman–Crippen LogP) is 4.30. The van der Waals surface area contributed by atoms with Crippen LogP contribution >= 0.6 is 0 Å². The van der Waals surface area contributed by atoms with E-state index in [1.54, 1.807) is 19.3 Å². The van der Waals surface area contributed by atoms with Gasteiger partial charge in [0.25, 0.3) is 0 Å². The first-order valence-corrected chi connectivity index (χ1v) is 11.3. The van der Waals surface area contributed by atoms with Gasteiger partial charge >= 0.3 is 5.97 Å². The van der Waals surface area contributed by atoms with Crippen LogP contribution in [0.15, 0.2) is 60.7 Å². The van der Waals surface area contributed by atoms with E-state index < -0.39 is 24.6 Å². The monoisotopic (exact) mass is 460 g/mol. The lowest BCUT2D eigenvalue weighted by molar-refractivity contribution is -0.139. The maximum atomic E-state index is 10.8. The zero-order valence-corrected chi connectivity index (χ0v) is 19.0. The third kappa shape index (κ3) is 5.87. The fourth-order valence-electron chi connectivity index (χ4n) is 3.85. The number of hydrogen-bond acceptors (Lipinski definition) is 6. The van der Waals surface area contributed by atoms with Crippen molar-refractivity contribution in [3.8, 4) is 28.4 Å². The molecule has 7 heteroatoms. The van der Waals surface area contributed by atoms with E-state index in [4.69, 9.17) is 19.8 Å². The Kier molecular flexibility index (Phi) is 7.35. The van der Waals surface area contributed by atoms with Gasteiger partial charge in [0.2, 0.25) is 0 Å². The Bertz CT molecular complexity index is 1160. The quantitative estimate of drug-likeness (QED) is 0.413. The Morgan fingerprint density at radius 2 is 1.76 bits per heavy atom. The molecule has 3 aromatic rings. The highest BCUT2D eigenvalue weighted by Gasteiger charge is 2.30. The smallest absolute Gasteiger partial charge is 0.305 e. The molecule has 1 heterocycles. The van der Waals surface area contributed by atoms with Gasteiger partial charge in [0, 0.05) is 29.0 Å². The summed E-state index contributed by atoms with van der Waals surface area (Å²) in [5.41, 5.74) is 4.33. The number of aliphatic hydroxyl groups excluding tert-OH is 2. The van der Waals surface area contributed by atoms with Gasteiger partial charge in [0.1, 0.15) is 5.75 Å². The Labute approximate surface area is 198 Å². The molecule has 0 amide bonds. The van der Waals surface area contributed by atoms with Crippen molar-refractivity contribution in [3.63, 3.8) is 0 Å². The van der Waals surface area contributed by atoms with Crippen LogP contribution < -0.4 is 4.74 Å². The van der Waals surface area contributed by atoms with Crippen LogP contribution in [0, 0.1) is 0 Å². The summed E-state index contributed by atoms with van der Waals surface area (Å²) in [6.45, 7) is 0. The standard InChI is InChI=1S/C27H28N2O5/c1-34-22-12-9-19(10-13-22)27-28-25(17-5-3-2-4-6-17)23(26(29-27)18-7-8-18)14-11-20(30)15-21(31)16-24(32)33/h2-6,9-14,18,20-21,30-31H,7-8,15-16H2,1H3,(H,32,33)/b14-11+/t20?,21-/m0/s1. The van der Waals surface area contributed by atoms with E-state index in [0.717, 1.165) is 46.7 Å². The van der Waals surface area contributed by atoms with Crippen molar-refractivity contribution in [2.24, 2.45) is 0 Å². The zero-order chi connectivity index (χ0) is 24.1. The summed E-state index contributed by atoms with van der Waals surface area (Å²) in [6.07, 6.45) is 2.86. The van der Waals surface area contributed by atoms with Crippen molar-refractivity contribution in [1.29, 1.82) is 0 Å². The van der Waals surface area contributed by atoms with Crippen LogP contribution in [-0.2, 0) is 4.79 Å². The number of ether oxygens (including phenoxy) is 1. The van der Waals surface area contributed by atoms with Gasteiger partial charge in [-0.2, -0.15) is 0 Å². The van der Waals surface area contributed by atoms with Gasteiger partial charge in [0.15, 0.2) is 5.82 Å². The van der Waals surface area contributed by atoms with E-state index in [9.17, 15) is 15.0 Å². The minimum atomic E-state index is -1.12. The molecular weight excluding hydrogens is 432 g/mol. The molecule has 0 saturated heterocycles. The Morgan fingerprint density at radius 1 is 1.06 bits per heavy atom. The van der Waals surface area contributed by atoms with Crippen LogP contribution in [0.4, 0.5) is 0 Å². The normalized spacial score (nSPS) is 15.3. The second-order valence-electron chi connectivity index (χ2n) is 8.48. The number of aliphatic hydroxyl groups is 2. The predicted molar refractivity (Wildman–Crippen MR) is 129 cm³/mol. The van der Waals surface area contributed by atoms with Crippen molar-refractivity contribution in [2.45, 2.75) is 43.8 Å². The molecule has 2 aromatic carbocycles. The van der Waals surface area contributed by atoms with Crippen LogP contribution in [0.3, 0.4) is 0 Å². The van der Waals surface area contributed by atoms with Crippen molar-refractivity contribution in [1.82, 2.24) is 9.97 Å². The molecular formula is C27H28N2O5. The largest absolute Gasteiger partial charge is 0.497 e. The van der Waals surface area contributed by atoms with E-state index >= 15 is 0 Å². The molecule has 1 fully saturated rings. The van der Waals surface area contributed by atoms with Gasteiger partial charge in [-0.1, -0.05) is 42.5 Å². The molecule has 176 valence electrons. The summed E-state index contributed by atoms with van der Waals surface area (Å²) in [6, 6.07) is 17.4. The summed E-state index contributed by atoms with van der Waals surface area (Å²) in [7, 11) is 1.63. The number of carboxylic acid groups (broad SMARTS) is 1. The highest BCUT2D eigenvalue weighted by molar-refractivity contribution is 5.76. The molecule has 0 aliphatic heterocycles. The Hall–Kier alpha value is -3.55. The maximum Gasteiger partial charge on any atom is 0.305 e. The average molecular weight is 461 g/mol. The van der Waals surface area contributed by atoms with Gasteiger partial charge in [-0.25, -0.2) is 9.97 Å². The van der Waals surface area contributed by atoms with Crippen LogP contribution in [-0.4, -0.2) is 50.6 Å². The summed E-state index contributed by atoms with van der Waals surface area (Å²) in [5, 5.41) is 29.1. The van der Waals surface area contributed by atoms with Crippen molar-refractivity contribution >= 4 is 12.0 Å². The molecule has 3 N–H and O–H groups in total. The highest BCUT2D eigenvalue weighted by Crippen LogP contribution is 2.43. The second kappa shape index (κ2) is 10.6. The fourth-order valence-corrected chi connectivity index (χ4v) is 3.85. The molecule has 1 aliphatic carbocycles. The second-order valence-corrected chi connectivity index (χ2v) is 8.48. The number of benzene rings is 2. The molecule has 2 atom stereocenters. The molecule has 0 spiro atoms. The number of aromatic nitrogens is 2. The summed E-state index contributed by atoms with van der Waals surface area (Å²) < 4.78 is 5.27. The SMILES string of the molecule is COc1ccc(-c2nc(-c3ccccc3)c(/C=C/C(O)C[C@H](O)CC(=O)O)c(C3CC3)n2)cc1. The molecule has 1 unspecified atom stereocenters.